The van der Waals surface area contributed by atoms with Crippen molar-refractivity contribution in [1.29, 1.82) is 5.26 Å². The number of amides is 1. The third kappa shape index (κ3) is 4.48. The van der Waals surface area contributed by atoms with Crippen molar-refractivity contribution in [2.45, 2.75) is 13.8 Å². The molecule has 2 rings (SSSR count). The van der Waals surface area contributed by atoms with E-state index in [9.17, 15) is 14.9 Å². The van der Waals surface area contributed by atoms with Gasteiger partial charge in [0.05, 0.1) is 18.4 Å². The summed E-state index contributed by atoms with van der Waals surface area (Å²) < 4.78 is 4.72. The maximum Gasteiger partial charge on any atom is 0.339 e. The number of hydrogen-bond acceptors (Lipinski definition) is 5. The fourth-order valence-corrected chi connectivity index (χ4v) is 2.34. The van der Waals surface area contributed by atoms with Gasteiger partial charge in [-0.2, -0.15) is 5.26 Å². The summed E-state index contributed by atoms with van der Waals surface area (Å²) in [6.07, 6.45) is 1.26. The lowest BCUT2D eigenvalue weighted by Gasteiger charge is -2.10. The predicted octanol–water partition coefficient (Wildman–Crippen LogP) is 3.55. The van der Waals surface area contributed by atoms with Gasteiger partial charge in [-0.15, -0.1) is 0 Å². The average Bonchev–Trinajstić information content (AvgIpc) is 2.64. The van der Waals surface area contributed by atoms with Gasteiger partial charge in [-0.25, -0.2) is 4.79 Å². The molecule has 2 aromatic carbocycles. The van der Waals surface area contributed by atoms with Crippen LogP contribution in [-0.2, 0) is 9.53 Å². The van der Waals surface area contributed by atoms with Crippen LogP contribution in [0.1, 0.15) is 21.5 Å². The van der Waals surface area contributed by atoms with E-state index >= 15 is 0 Å². The molecule has 0 aliphatic carbocycles. The molecular formula is C20H19N3O3. The zero-order chi connectivity index (χ0) is 19.1. The average molecular weight is 349 g/mol. The van der Waals surface area contributed by atoms with Gasteiger partial charge >= 0.3 is 5.97 Å². The lowest BCUT2D eigenvalue weighted by atomic mass is 10.1. The number of hydrogen-bond donors (Lipinski definition) is 2. The SMILES string of the molecule is COC(=O)c1ccccc1N/C=C(/C#N)C(=O)Nc1ccc(C)cc1C. The van der Waals surface area contributed by atoms with Crippen LogP contribution in [-0.4, -0.2) is 19.0 Å². The lowest BCUT2D eigenvalue weighted by Crippen LogP contribution is -2.15. The Kier molecular flexibility index (Phi) is 6.12. The number of para-hydroxylation sites is 1. The lowest BCUT2D eigenvalue weighted by molar-refractivity contribution is -0.112. The summed E-state index contributed by atoms with van der Waals surface area (Å²) in [5, 5.41) is 14.8. The molecule has 0 heterocycles. The highest BCUT2D eigenvalue weighted by Crippen LogP contribution is 2.18. The van der Waals surface area contributed by atoms with Gasteiger partial charge in [0.1, 0.15) is 11.6 Å². The van der Waals surface area contributed by atoms with E-state index in [1.807, 2.05) is 32.0 Å². The van der Waals surface area contributed by atoms with Crippen LogP contribution in [0.2, 0.25) is 0 Å². The number of benzene rings is 2. The number of nitrogens with one attached hydrogen (secondary N) is 2. The Morgan fingerprint density at radius 2 is 1.85 bits per heavy atom. The minimum absolute atomic E-state index is 0.121. The van der Waals surface area contributed by atoms with Crippen LogP contribution in [0.3, 0.4) is 0 Å². The Morgan fingerprint density at radius 3 is 2.50 bits per heavy atom. The molecule has 0 aliphatic heterocycles. The second kappa shape index (κ2) is 8.49. The number of nitriles is 1. The second-order valence-corrected chi connectivity index (χ2v) is 5.62. The largest absolute Gasteiger partial charge is 0.465 e. The molecule has 1 amide bonds. The number of nitrogens with zero attached hydrogens (tertiary/aromatic N) is 1. The molecule has 0 spiro atoms. The molecule has 2 aromatic rings. The van der Waals surface area contributed by atoms with E-state index in [0.29, 0.717) is 16.9 Å². The highest BCUT2D eigenvalue weighted by molar-refractivity contribution is 6.07. The van der Waals surface area contributed by atoms with Crippen molar-refractivity contribution in [3.63, 3.8) is 0 Å². The first-order valence-electron chi connectivity index (χ1n) is 7.89. The first-order chi connectivity index (χ1) is 12.5. The monoisotopic (exact) mass is 349 g/mol. The number of methoxy groups -OCH3 is 1. The standard InChI is InChI=1S/C20H19N3O3/c1-13-8-9-17(14(2)10-13)23-19(24)15(11-21)12-22-18-7-5-4-6-16(18)20(25)26-3/h4-10,12,22H,1-3H3,(H,23,24)/b15-12-. The summed E-state index contributed by atoms with van der Waals surface area (Å²) in [5.74, 6) is -1.05. The van der Waals surface area contributed by atoms with Crippen LogP contribution in [0.4, 0.5) is 11.4 Å². The van der Waals surface area contributed by atoms with Crippen molar-refractivity contribution >= 4 is 23.3 Å². The normalized spacial score (nSPS) is 10.6. The zero-order valence-corrected chi connectivity index (χ0v) is 14.8. The van der Waals surface area contributed by atoms with E-state index in [1.54, 1.807) is 30.3 Å². The van der Waals surface area contributed by atoms with E-state index in [0.717, 1.165) is 11.1 Å². The molecule has 2 N–H and O–H groups in total. The number of carbonyl (C=O) groups is 2. The molecule has 0 saturated carbocycles. The molecule has 0 bridgehead atoms. The summed E-state index contributed by atoms with van der Waals surface area (Å²) in [6, 6.07) is 14.1. The highest BCUT2D eigenvalue weighted by atomic mass is 16.5. The van der Waals surface area contributed by atoms with Gasteiger partial charge in [-0.1, -0.05) is 29.8 Å². The van der Waals surface area contributed by atoms with Crippen molar-refractivity contribution in [3.8, 4) is 6.07 Å². The smallest absolute Gasteiger partial charge is 0.339 e. The van der Waals surface area contributed by atoms with E-state index in [2.05, 4.69) is 10.6 Å². The zero-order valence-electron chi connectivity index (χ0n) is 14.8. The number of rotatable bonds is 5. The predicted molar refractivity (Wildman–Crippen MR) is 99.6 cm³/mol. The van der Waals surface area contributed by atoms with Gasteiger partial charge in [-0.3, -0.25) is 4.79 Å². The highest BCUT2D eigenvalue weighted by Gasteiger charge is 2.13. The molecule has 132 valence electrons. The van der Waals surface area contributed by atoms with Crippen LogP contribution < -0.4 is 10.6 Å². The van der Waals surface area contributed by atoms with Gasteiger partial charge in [0.25, 0.3) is 5.91 Å². The number of ether oxygens (including phenoxy) is 1. The minimum atomic E-state index is -0.539. The molecular weight excluding hydrogens is 330 g/mol. The summed E-state index contributed by atoms with van der Waals surface area (Å²) in [4.78, 5) is 24.1. The van der Waals surface area contributed by atoms with E-state index < -0.39 is 11.9 Å². The molecule has 0 aliphatic rings. The van der Waals surface area contributed by atoms with Gasteiger partial charge in [0, 0.05) is 11.9 Å². The van der Waals surface area contributed by atoms with Crippen molar-refractivity contribution in [2.24, 2.45) is 0 Å². The molecule has 0 aromatic heterocycles. The van der Waals surface area contributed by atoms with E-state index in [4.69, 9.17) is 4.74 Å². The van der Waals surface area contributed by atoms with Crippen LogP contribution in [0.15, 0.2) is 54.2 Å². The summed E-state index contributed by atoms with van der Waals surface area (Å²) in [6.45, 7) is 3.84. The van der Waals surface area contributed by atoms with Gasteiger partial charge in [0.2, 0.25) is 0 Å². The number of aryl methyl sites for hydroxylation is 2. The molecule has 6 heteroatoms. The topological polar surface area (TPSA) is 91.2 Å². The number of esters is 1. The Balaban J connectivity index is 2.19. The minimum Gasteiger partial charge on any atom is -0.465 e. The molecule has 0 atom stereocenters. The van der Waals surface area contributed by atoms with E-state index in [1.165, 1.54) is 13.3 Å². The summed E-state index contributed by atoms with van der Waals surface area (Å²) in [7, 11) is 1.28. The third-order valence-corrected chi connectivity index (χ3v) is 3.70. The molecule has 0 radical (unpaired) electrons. The third-order valence-electron chi connectivity index (χ3n) is 3.70. The van der Waals surface area contributed by atoms with Crippen molar-refractivity contribution in [1.82, 2.24) is 0 Å². The number of anilines is 2. The quantitative estimate of drug-likeness (QED) is 0.489. The van der Waals surface area contributed by atoms with Gasteiger partial charge in [0.15, 0.2) is 0 Å². The fourth-order valence-electron chi connectivity index (χ4n) is 2.34. The van der Waals surface area contributed by atoms with Crippen LogP contribution >= 0.6 is 0 Å². The van der Waals surface area contributed by atoms with Gasteiger partial charge < -0.3 is 15.4 Å². The first kappa shape index (κ1) is 18.7. The van der Waals surface area contributed by atoms with Crippen LogP contribution in [0, 0.1) is 25.2 Å². The van der Waals surface area contributed by atoms with E-state index in [-0.39, 0.29) is 5.57 Å². The maximum absolute atomic E-state index is 12.3. The van der Waals surface area contributed by atoms with Crippen molar-refractivity contribution in [2.75, 3.05) is 17.7 Å². The summed E-state index contributed by atoms with van der Waals surface area (Å²) in [5.41, 5.74) is 3.24. The summed E-state index contributed by atoms with van der Waals surface area (Å²) >= 11 is 0. The maximum atomic E-state index is 12.3. The first-order valence-corrected chi connectivity index (χ1v) is 7.89. The Labute approximate surface area is 152 Å². The Bertz CT molecular complexity index is 911. The molecule has 0 fully saturated rings. The Hall–Kier alpha value is -3.59. The Morgan fingerprint density at radius 1 is 1.12 bits per heavy atom. The molecule has 0 saturated heterocycles. The van der Waals surface area contributed by atoms with Gasteiger partial charge in [-0.05, 0) is 37.6 Å². The molecule has 26 heavy (non-hydrogen) atoms. The van der Waals surface area contributed by atoms with Crippen LogP contribution in [0.25, 0.3) is 0 Å². The fraction of sp³-hybridized carbons (Fsp3) is 0.150. The van der Waals surface area contributed by atoms with Crippen molar-refractivity contribution in [3.05, 3.63) is 70.9 Å². The molecule has 6 nitrogen and oxygen atoms in total. The number of carbonyl (C=O) groups excluding carboxylic acids is 2. The second-order valence-electron chi connectivity index (χ2n) is 5.62. The van der Waals surface area contributed by atoms with Crippen molar-refractivity contribution < 1.29 is 14.3 Å². The molecule has 0 unspecified atom stereocenters. The van der Waals surface area contributed by atoms with Crippen LogP contribution in [0.5, 0.6) is 0 Å².